The molecule has 2 aromatic rings. The quantitative estimate of drug-likeness (QED) is 0.809. The predicted octanol–water partition coefficient (Wildman–Crippen LogP) is 3.16. The minimum Gasteiger partial charge on any atom is -0.492 e. The Balaban J connectivity index is 2.05. The molecule has 112 valence electrons. The van der Waals surface area contributed by atoms with Gasteiger partial charge in [-0.2, -0.15) is 0 Å². The van der Waals surface area contributed by atoms with Crippen LogP contribution < -0.4 is 10.1 Å². The Morgan fingerprint density at radius 2 is 2.14 bits per heavy atom. The summed E-state index contributed by atoms with van der Waals surface area (Å²) in [6.45, 7) is 5.68. The molecule has 0 saturated carbocycles. The number of aromatic nitrogens is 2. The largest absolute Gasteiger partial charge is 0.492 e. The standard InChI is InChI=1S/C17H23N3O/c1-3-19-17(9-8-15-7-5-6-10-20-15)14-11-16(21-4-2)13-18-12-14/h5-7,10-13,17,19H,3-4,8-9H2,1-2H3. The van der Waals surface area contributed by atoms with Gasteiger partial charge in [0.1, 0.15) is 5.75 Å². The molecule has 0 radical (unpaired) electrons. The third-order valence-corrected chi connectivity index (χ3v) is 3.31. The Hall–Kier alpha value is -1.94. The average molecular weight is 285 g/mol. The molecular formula is C17H23N3O. The lowest BCUT2D eigenvalue weighted by atomic mass is 10.0. The fourth-order valence-electron chi connectivity index (χ4n) is 2.34. The molecule has 0 fully saturated rings. The molecule has 1 N–H and O–H groups in total. The summed E-state index contributed by atoms with van der Waals surface area (Å²) in [5.41, 5.74) is 2.29. The highest BCUT2D eigenvalue weighted by Gasteiger charge is 2.12. The summed E-state index contributed by atoms with van der Waals surface area (Å²) in [6, 6.07) is 8.38. The summed E-state index contributed by atoms with van der Waals surface area (Å²) in [5.74, 6) is 0.829. The van der Waals surface area contributed by atoms with E-state index in [9.17, 15) is 0 Å². The van der Waals surface area contributed by atoms with Crippen molar-refractivity contribution >= 4 is 0 Å². The van der Waals surface area contributed by atoms with Gasteiger partial charge < -0.3 is 10.1 Å². The Kier molecular flexibility index (Phi) is 6.16. The van der Waals surface area contributed by atoms with Gasteiger partial charge in [0.25, 0.3) is 0 Å². The SMILES string of the molecule is CCNC(CCc1ccccn1)c1cncc(OCC)c1. The molecule has 4 nitrogen and oxygen atoms in total. The van der Waals surface area contributed by atoms with Gasteiger partial charge in [-0.15, -0.1) is 0 Å². The molecule has 2 aromatic heterocycles. The van der Waals surface area contributed by atoms with E-state index in [4.69, 9.17) is 4.74 Å². The van der Waals surface area contributed by atoms with Crippen LogP contribution in [0.25, 0.3) is 0 Å². The minimum absolute atomic E-state index is 0.268. The first-order chi connectivity index (χ1) is 10.3. The number of hydrogen-bond acceptors (Lipinski definition) is 4. The van der Waals surface area contributed by atoms with Gasteiger partial charge in [-0.3, -0.25) is 9.97 Å². The van der Waals surface area contributed by atoms with Crippen molar-refractivity contribution in [2.24, 2.45) is 0 Å². The van der Waals surface area contributed by atoms with Crippen LogP contribution in [0.3, 0.4) is 0 Å². The van der Waals surface area contributed by atoms with Gasteiger partial charge in [-0.1, -0.05) is 13.0 Å². The van der Waals surface area contributed by atoms with E-state index >= 15 is 0 Å². The predicted molar refractivity (Wildman–Crippen MR) is 84.4 cm³/mol. The first kappa shape index (κ1) is 15.4. The number of hydrogen-bond donors (Lipinski definition) is 1. The lowest BCUT2D eigenvalue weighted by Gasteiger charge is -2.18. The maximum absolute atomic E-state index is 5.53. The van der Waals surface area contributed by atoms with Crippen molar-refractivity contribution < 1.29 is 4.74 Å². The molecule has 0 aromatic carbocycles. The van der Waals surface area contributed by atoms with E-state index in [2.05, 4.69) is 34.3 Å². The van der Waals surface area contributed by atoms with E-state index in [1.807, 2.05) is 31.5 Å². The van der Waals surface area contributed by atoms with E-state index in [-0.39, 0.29) is 6.04 Å². The molecule has 0 aliphatic heterocycles. The molecule has 0 aliphatic rings. The van der Waals surface area contributed by atoms with Crippen molar-refractivity contribution in [3.05, 3.63) is 54.1 Å². The number of aryl methyl sites for hydroxylation is 1. The lowest BCUT2D eigenvalue weighted by molar-refractivity contribution is 0.337. The zero-order valence-electron chi connectivity index (χ0n) is 12.7. The van der Waals surface area contributed by atoms with Gasteiger partial charge in [-0.05, 0) is 50.1 Å². The molecule has 4 heteroatoms. The van der Waals surface area contributed by atoms with Gasteiger partial charge in [-0.25, -0.2) is 0 Å². The first-order valence-electron chi connectivity index (χ1n) is 7.54. The lowest BCUT2D eigenvalue weighted by Crippen LogP contribution is -2.21. The van der Waals surface area contributed by atoms with Crippen LogP contribution in [-0.2, 0) is 6.42 Å². The Morgan fingerprint density at radius 1 is 1.24 bits per heavy atom. The monoisotopic (exact) mass is 285 g/mol. The van der Waals surface area contributed by atoms with Crippen LogP contribution in [0, 0.1) is 0 Å². The molecule has 0 bridgehead atoms. The number of nitrogens with zero attached hydrogens (tertiary/aromatic N) is 2. The summed E-state index contributed by atoms with van der Waals surface area (Å²) >= 11 is 0. The summed E-state index contributed by atoms with van der Waals surface area (Å²) < 4.78 is 5.53. The number of nitrogens with one attached hydrogen (secondary N) is 1. The van der Waals surface area contributed by atoms with Crippen molar-refractivity contribution in [3.8, 4) is 5.75 Å². The molecule has 0 spiro atoms. The van der Waals surface area contributed by atoms with Crippen LogP contribution in [0.5, 0.6) is 5.75 Å². The molecule has 21 heavy (non-hydrogen) atoms. The molecule has 0 saturated heterocycles. The summed E-state index contributed by atoms with van der Waals surface area (Å²) in [7, 11) is 0. The molecule has 0 amide bonds. The second-order valence-electron chi connectivity index (χ2n) is 4.86. The first-order valence-corrected chi connectivity index (χ1v) is 7.54. The van der Waals surface area contributed by atoms with E-state index in [0.717, 1.165) is 30.8 Å². The molecule has 1 unspecified atom stereocenters. The van der Waals surface area contributed by atoms with Crippen molar-refractivity contribution in [1.82, 2.24) is 15.3 Å². The highest BCUT2D eigenvalue weighted by Crippen LogP contribution is 2.21. The van der Waals surface area contributed by atoms with Crippen molar-refractivity contribution in [2.45, 2.75) is 32.7 Å². The van der Waals surface area contributed by atoms with E-state index in [1.165, 1.54) is 5.56 Å². The Labute approximate surface area is 126 Å². The van der Waals surface area contributed by atoms with Crippen LogP contribution in [0.4, 0.5) is 0 Å². The fraction of sp³-hybridized carbons (Fsp3) is 0.412. The van der Waals surface area contributed by atoms with Gasteiger partial charge in [0.2, 0.25) is 0 Å². The van der Waals surface area contributed by atoms with E-state index in [1.54, 1.807) is 6.20 Å². The van der Waals surface area contributed by atoms with E-state index < -0.39 is 0 Å². The number of ether oxygens (including phenoxy) is 1. The zero-order chi connectivity index (χ0) is 14.9. The normalized spacial score (nSPS) is 12.1. The second-order valence-corrected chi connectivity index (χ2v) is 4.86. The fourth-order valence-corrected chi connectivity index (χ4v) is 2.34. The van der Waals surface area contributed by atoms with Crippen LogP contribution in [-0.4, -0.2) is 23.1 Å². The highest BCUT2D eigenvalue weighted by molar-refractivity contribution is 5.26. The summed E-state index contributed by atoms with van der Waals surface area (Å²) in [4.78, 5) is 8.66. The molecule has 1 atom stereocenters. The minimum atomic E-state index is 0.268. The van der Waals surface area contributed by atoms with Gasteiger partial charge in [0.05, 0.1) is 12.8 Å². The number of rotatable bonds is 8. The van der Waals surface area contributed by atoms with Crippen molar-refractivity contribution in [3.63, 3.8) is 0 Å². The summed E-state index contributed by atoms with van der Waals surface area (Å²) in [6.07, 6.45) is 7.44. The number of pyridine rings is 2. The van der Waals surface area contributed by atoms with Crippen LogP contribution in [0.1, 0.15) is 37.6 Å². The maximum atomic E-state index is 5.53. The third-order valence-electron chi connectivity index (χ3n) is 3.31. The van der Waals surface area contributed by atoms with Crippen LogP contribution in [0.2, 0.25) is 0 Å². The third kappa shape index (κ3) is 4.83. The molecule has 0 aliphatic carbocycles. The van der Waals surface area contributed by atoms with Gasteiger partial charge >= 0.3 is 0 Å². The smallest absolute Gasteiger partial charge is 0.137 e. The van der Waals surface area contributed by atoms with Gasteiger partial charge in [0, 0.05) is 24.1 Å². The summed E-state index contributed by atoms with van der Waals surface area (Å²) in [5, 5.41) is 3.52. The second kappa shape index (κ2) is 8.37. The molecular weight excluding hydrogens is 262 g/mol. The topological polar surface area (TPSA) is 47.0 Å². The highest BCUT2D eigenvalue weighted by atomic mass is 16.5. The van der Waals surface area contributed by atoms with Crippen molar-refractivity contribution in [1.29, 1.82) is 0 Å². The van der Waals surface area contributed by atoms with Gasteiger partial charge in [0.15, 0.2) is 0 Å². The molecule has 2 heterocycles. The molecule has 2 rings (SSSR count). The zero-order valence-corrected chi connectivity index (χ0v) is 12.7. The van der Waals surface area contributed by atoms with Crippen molar-refractivity contribution in [2.75, 3.05) is 13.2 Å². The average Bonchev–Trinajstić information content (AvgIpc) is 2.53. The van der Waals surface area contributed by atoms with Crippen LogP contribution in [0.15, 0.2) is 42.9 Å². The van der Waals surface area contributed by atoms with Crippen LogP contribution >= 0.6 is 0 Å². The van der Waals surface area contributed by atoms with E-state index in [0.29, 0.717) is 6.61 Å². The Bertz CT molecular complexity index is 531. The Morgan fingerprint density at radius 3 is 2.86 bits per heavy atom. The maximum Gasteiger partial charge on any atom is 0.137 e.